The Hall–Kier alpha value is -0.160. The van der Waals surface area contributed by atoms with Crippen LogP contribution in [0.2, 0.25) is 0 Å². The highest BCUT2D eigenvalue weighted by Gasteiger charge is 2.35. The minimum Gasteiger partial charge on any atom is -0.395 e. The molecule has 1 fully saturated rings. The molecule has 1 rings (SSSR count). The van der Waals surface area contributed by atoms with Gasteiger partial charge in [-0.3, -0.25) is 4.90 Å². The fourth-order valence-electron chi connectivity index (χ4n) is 1.71. The van der Waals surface area contributed by atoms with Gasteiger partial charge in [0.05, 0.1) is 18.8 Å². The average Bonchev–Trinajstić information content (AvgIpc) is 2.02. The molecule has 0 saturated heterocycles. The zero-order valence-corrected chi connectivity index (χ0v) is 7.95. The summed E-state index contributed by atoms with van der Waals surface area (Å²) in [5, 5.41) is 27.3. The van der Waals surface area contributed by atoms with Crippen molar-refractivity contribution in [2.45, 2.75) is 24.9 Å². The van der Waals surface area contributed by atoms with Gasteiger partial charge in [0.15, 0.2) is 0 Å². The van der Waals surface area contributed by atoms with Crippen molar-refractivity contribution < 1.29 is 15.3 Å². The Morgan fingerprint density at radius 2 is 1.62 bits per heavy atom. The molecule has 0 unspecified atom stereocenters. The molecule has 4 heteroatoms. The van der Waals surface area contributed by atoms with Gasteiger partial charge < -0.3 is 15.3 Å². The molecule has 1 aliphatic carbocycles. The molecule has 0 aromatic heterocycles. The molecular formula is C9H19NO3. The number of hydrogen-bond acceptors (Lipinski definition) is 4. The van der Waals surface area contributed by atoms with E-state index in [9.17, 15) is 5.11 Å². The molecule has 0 radical (unpaired) electrons. The summed E-state index contributed by atoms with van der Waals surface area (Å²) in [6.07, 6.45) is 2.78. The van der Waals surface area contributed by atoms with Crippen LogP contribution in [0.5, 0.6) is 0 Å². The SMILES string of the molecule is OCCN(CCO)CC1(O)CCC1. The lowest BCUT2D eigenvalue weighted by molar-refractivity contribution is -0.0623. The minimum absolute atomic E-state index is 0.0794. The highest BCUT2D eigenvalue weighted by molar-refractivity contribution is 4.90. The molecule has 1 aliphatic rings. The molecule has 0 heterocycles. The van der Waals surface area contributed by atoms with E-state index in [-0.39, 0.29) is 13.2 Å². The molecule has 3 N–H and O–H groups in total. The smallest absolute Gasteiger partial charge is 0.0774 e. The van der Waals surface area contributed by atoms with Gasteiger partial charge in [0.25, 0.3) is 0 Å². The summed E-state index contributed by atoms with van der Waals surface area (Å²) in [5.74, 6) is 0. The van der Waals surface area contributed by atoms with Crippen molar-refractivity contribution in [1.29, 1.82) is 0 Å². The molecule has 0 atom stereocenters. The molecule has 0 amide bonds. The Morgan fingerprint density at radius 3 is 1.92 bits per heavy atom. The number of hydrogen-bond donors (Lipinski definition) is 3. The van der Waals surface area contributed by atoms with E-state index in [0.29, 0.717) is 19.6 Å². The van der Waals surface area contributed by atoms with Gasteiger partial charge in [-0.1, -0.05) is 0 Å². The first-order chi connectivity index (χ1) is 6.20. The lowest BCUT2D eigenvalue weighted by Crippen LogP contribution is -2.49. The second kappa shape index (κ2) is 4.91. The van der Waals surface area contributed by atoms with E-state index < -0.39 is 5.60 Å². The summed E-state index contributed by atoms with van der Waals surface area (Å²) in [6, 6.07) is 0. The monoisotopic (exact) mass is 189 g/mol. The number of rotatable bonds is 6. The second-order valence-electron chi connectivity index (χ2n) is 3.80. The van der Waals surface area contributed by atoms with E-state index >= 15 is 0 Å². The zero-order chi connectivity index (χ0) is 9.73. The molecule has 0 aromatic rings. The van der Waals surface area contributed by atoms with Crippen LogP contribution in [0.15, 0.2) is 0 Å². The highest BCUT2D eigenvalue weighted by Crippen LogP contribution is 2.32. The molecular weight excluding hydrogens is 170 g/mol. The van der Waals surface area contributed by atoms with Crippen LogP contribution in [0, 0.1) is 0 Å². The van der Waals surface area contributed by atoms with E-state index in [0.717, 1.165) is 19.3 Å². The fraction of sp³-hybridized carbons (Fsp3) is 1.00. The first-order valence-electron chi connectivity index (χ1n) is 4.87. The van der Waals surface area contributed by atoms with Crippen molar-refractivity contribution >= 4 is 0 Å². The van der Waals surface area contributed by atoms with Gasteiger partial charge in [0.2, 0.25) is 0 Å². The maximum atomic E-state index is 9.83. The molecule has 0 bridgehead atoms. The van der Waals surface area contributed by atoms with E-state index in [1.165, 1.54) is 0 Å². The number of aliphatic hydroxyl groups excluding tert-OH is 2. The highest BCUT2D eigenvalue weighted by atomic mass is 16.3. The van der Waals surface area contributed by atoms with Crippen LogP contribution in [0.3, 0.4) is 0 Å². The maximum Gasteiger partial charge on any atom is 0.0774 e. The third-order valence-electron chi connectivity index (χ3n) is 2.63. The van der Waals surface area contributed by atoms with E-state index in [1.807, 2.05) is 4.90 Å². The summed E-state index contributed by atoms with van der Waals surface area (Å²) in [5.41, 5.74) is -0.551. The summed E-state index contributed by atoms with van der Waals surface area (Å²) >= 11 is 0. The number of nitrogens with zero attached hydrogens (tertiary/aromatic N) is 1. The van der Waals surface area contributed by atoms with E-state index in [4.69, 9.17) is 10.2 Å². The Labute approximate surface area is 78.8 Å². The molecule has 0 spiro atoms. The predicted molar refractivity (Wildman–Crippen MR) is 49.4 cm³/mol. The molecule has 13 heavy (non-hydrogen) atoms. The van der Waals surface area contributed by atoms with E-state index in [1.54, 1.807) is 0 Å². The Morgan fingerprint density at radius 1 is 1.08 bits per heavy atom. The third-order valence-corrected chi connectivity index (χ3v) is 2.63. The topological polar surface area (TPSA) is 63.9 Å². The van der Waals surface area contributed by atoms with Crippen molar-refractivity contribution in [2.24, 2.45) is 0 Å². The molecule has 1 saturated carbocycles. The average molecular weight is 189 g/mol. The van der Waals surface area contributed by atoms with Gasteiger partial charge in [0.1, 0.15) is 0 Å². The third kappa shape index (κ3) is 3.23. The standard InChI is InChI=1S/C9H19NO3/c11-6-4-10(5-7-12)8-9(13)2-1-3-9/h11-13H,1-8H2. The van der Waals surface area contributed by atoms with Crippen LogP contribution in [-0.2, 0) is 0 Å². The molecule has 78 valence electrons. The summed E-state index contributed by atoms with van der Waals surface area (Å²) in [4.78, 5) is 1.90. The van der Waals surface area contributed by atoms with Crippen molar-refractivity contribution in [2.75, 3.05) is 32.8 Å². The zero-order valence-electron chi connectivity index (χ0n) is 7.95. The Bertz CT molecular complexity index is 142. The van der Waals surface area contributed by atoms with Gasteiger partial charge in [0, 0.05) is 19.6 Å². The van der Waals surface area contributed by atoms with Crippen LogP contribution < -0.4 is 0 Å². The lowest BCUT2D eigenvalue weighted by atomic mass is 9.80. The Balaban J connectivity index is 2.27. The van der Waals surface area contributed by atoms with Crippen LogP contribution in [0.1, 0.15) is 19.3 Å². The summed E-state index contributed by atoms with van der Waals surface area (Å²) in [6.45, 7) is 1.80. The molecule has 0 aliphatic heterocycles. The maximum absolute atomic E-state index is 9.83. The second-order valence-corrected chi connectivity index (χ2v) is 3.80. The van der Waals surface area contributed by atoms with Crippen LogP contribution >= 0.6 is 0 Å². The minimum atomic E-state index is -0.551. The quantitative estimate of drug-likeness (QED) is 0.511. The lowest BCUT2D eigenvalue weighted by Gasteiger charge is -2.40. The number of aliphatic hydroxyl groups is 3. The fourth-order valence-corrected chi connectivity index (χ4v) is 1.71. The van der Waals surface area contributed by atoms with E-state index in [2.05, 4.69) is 0 Å². The van der Waals surface area contributed by atoms with Crippen molar-refractivity contribution in [3.8, 4) is 0 Å². The van der Waals surface area contributed by atoms with Crippen molar-refractivity contribution in [1.82, 2.24) is 4.90 Å². The van der Waals surface area contributed by atoms with Crippen molar-refractivity contribution in [3.05, 3.63) is 0 Å². The summed E-state index contributed by atoms with van der Waals surface area (Å²) < 4.78 is 0. The first kappa shape index (κ1) is 10.9. The van der Waals surface area contributed by atoms with Crippen LogP contribution in [0.4, 0.5) is 0 Å². The largest absolute Gasteiger partial charge is 0.395 e. The normalized spacial score (nSPS) is 20.3. The first-order valence-corrected chi connectivity index (χ1v) is 4.87. The van der Waals surface area contributed by atoms with Gasteiger partial charge in [-0.05, 0) is 19.3 Å². The molecule has 0 aromatic carbocycles. The van der Waals surface area contributed by atoms with Gasteiger partial charge in [-0.25, -0.2) is 0 Å². The van der Waals surface area contributed by atoms with Crippen LogP contribution in [0.25, 0.3) is 0 Å². The Kier molecular flexibility index (Phi) is 4.12. The predicted octanol–water partition coefficient (Wildman–Crippen LogP) is -0.812. The van der Waals surface area contributed by atoms with Gasteiger partial charge >= 0.3 is 0 Å². The van der Waals surface area contributed by atoms with Gasteiger partial charge in [-0.2, -0.15) is 0 Å². The molecule has 4 nitrogen and oxygen atoms in total. The summed E-state index contributed by atoms with van der Waals surface area (Å²) in [7, 11) is 0. The van der Waals surface area contributed by atoms with Crippen molar-refractivity contribution in [3.63, 3.8) is 0 Å². The van der Waals surface area contributed by atoms with Gasteiger partial charge in [-0.15, -0.1) is 0 Å². The van der Waals surface area contributed by atoms with Crippen LogP contribution in [-0.4, -0.2) is 58.7 Å².